The van der Waals surface area contributed by atoms with Crippen molar-refractivity contribution in [2.24, 2.45) is 0 Å². The first-order valence-corrected chi connectivity index (χ1v) is 5.82. The summed E-state index contributed by atoms with van der Waals surface area (Å²) >= 11 is 0. The second-order valence-electron chi connectivity index (χ2n) is 3.92. The van der Waals surface area contributed by atoms with E-state index >= 15 is 0 Å². The lowest BCUT2D eigenvalue weighted by molar-refractivity contribution is 0.269. The molecule has 104 valence electrons. The molecule has 6 heteroatoms. The van der Waals surface area contributed by atoms with E-state index in [0.29, 0.717) is 13.1 Å². The molecule has 0 radical (unpaired) electrons. The first-order valence-electron chi connectivity index (χ1n) is 5.82. The molecule has 0 saturated heterocycles. The number of halogens is 1. The highest BCUT2D eigenvalue weighted by atomic mass is 35.5. The Labute approximate surface area is 118 Å². The number of aromatic nitrogens is 2. The molecule has 0 aliphatic heterocycles. The summed E-state index contributed by atoms with van der Waals surface area (Å²) in [5, 5.41) is 16.2. The van der Waals surface area contributed by atoms with Crippen molar-refractivity contribution in [1.29, 1.82) is 0 Å². The lowest BCUT2D eigenvalue weighted by atomic mass is 10.2. The number of aliphatic hydroxyl groups excluding tert-OH is 1. The van der Waals surface area contributed by atoms with Crippen molar-refractivity contribution in [2.75, 3.05) is 19.0 Å². The highest BCUT2D eigenvalue weighted by Crippen LogP contribution is 2.14. The maximum absolute atomic E-state index is 8.80. The predicted molar refractivity (Wildman–Crippen MR) is 76.9 cm³/mol. The van der Waals surface area contributed by atoms with Crippen LogP contribution < -0.4 is 10.1 Å². The number of nitrogens with zero attached hydrogens (tertiary/aromatic N) is 2. The van der Waals surface area contributed by atoms with Gasteiger partial charge in [-0.05, 0) is 17.7 Å². The number of nitrogens with one attached hydrogen (secondary N) is 1. The van der Waals surface area contributed by atoms with Crippen molar-refractivity contribution in [2.45, 2.75) is 13.1 Å². The first kappa shape index (κ1) is 15.3. The molecule has 0 unspecified atom stereocenters. The first-order chi connectivity index (χ1) is 8.81. The van der Waals surface area contributed by atoms with E-state index in [-0.39, 0.29) is 19.0 Å². The smallest absolute Gasteiger partial charge is 0.119 e. The molecule has 1 aromatic heterocycles. The summed E-state index contributed by atoms with van der Waals surface area (Å²) in [6.45, 7) is 1.32. The number of methoxy groups -OCH3 is 1. The lowest BCUT2D eigenvalue weighted by Gasteiger charge is -2.05. The molecule has 1 heterocycles. The number of anilines is 1. The molecule has 2 N–H and O–H groups in total. The fraction of sp³-hybridized carbons (Fsp3) is 0.308. The topological polar surface area (TPSA) is 59.3 Å². The predicted octanol–water partition coefficient (Wildman–Crippen LogP) is 1.92. The zero-order valence-corrected chi connectivity index (χ0v) is 11.6. The van der Waals surface area contributed by atoms with Crippen LogP contribution in [-0.2, 0) is 13.1 Å². The number of hydrogen-bond donors (Lipinski definition) is 2. The number of hydrogen-bond acceptors (Lipinski definition) is 4. The van der Waals surface area contributed by atoms with E-state index in [1.165, 1.54) is 0 Å². The van der Waals surface area contributed by atoms with Gasteiger partial charge in [0.15, 0.2) is 0 Å². The third-order valence-electron chi connectivity index (χ3n) is 2.59. The van der Waals surface area contributed by atoms with Crippen LogP contribution in [0.1, 0.15) is 5.56 Å². The Hall–Kier alpha value is -1.72. The highest BCUT2D eigenvalue weighted by Gasteiger charge is 1.99. The zero-order valence-electron chi connectivity index (χ0n) is 10.7. The standard InChI is InChI=1S/C13H17N3O2.ClH/c1-18-13-4-2-3-11(7-13)8-14-12-9-15-16(10-12)5-6-17;/h2-4,7,9-10,14,17H,5-6,8H2,1H3;1H. The third kappa shape index (κ3) is 4.46. The van der Waals surface area contributed by atoms with Crippen molar-refractivity contribution in [3.8, 4) is 5.75 Å². The van der Waals surface area contributed by atoms with Gasteiger partial charge in [-0.3, -0.25) is 4.68 Å². The fourth-order valence-electron chi connectivity index (χ4n) is 1.67. The normalized spacial score (nSPS) is 9.79. The lowest BCUT2D eigenvalue weighted by Crippen LogP contribution is -2.02. The van der Waals surface area contributed by atoms with E-state index in [2.05, 4.69) is 10.4 Å². The van der Waals surface area contributed by atoms with Gasteiger partial charge >= 0.3 is 0 Å². The van der Waals surface area contributed by atoms with Crippen LogP contribution in [0.4, 0.5) is 5.69 Å². The zero-order chi connectivity index (χ0) is 12.8. The third-order valence-corrected chi connectivity index (χ3v) is 2.59. The Morgan fingerprint density at radius 1 is 1.42 bits per heavy atom. The van der Waals surface area contributed by atoms with Gasteiger partial charge in [-0.2, -0.15) is 5.10 Å². The van der Waals surface area contributed by atoms with Crippen molar-refractivity contribution < 1.29 is 9.84 Å². The second kappa shape index (κ2) is 7.66. The quantitative estimate of drug-likeness (QED) is 0.850. The average molecular weight is 284 g/mol. The molecule has 0 aliphatic carbocycles. The van der Waals surface area contributed by atoms with E-state index < -0.39 is 0 Å². The molecule has 2 rings (SSSR count). The van der Waals surface area contributed by atoms with Crippen LogP contribution in [-0.4, -0.2) is 28.6 Å². The second-order valence-corrected chi connectivity index (χ2v) is 3.92. The Balaban J connectivity index is 0.00000180. The molecule has 0 spiro atoms. The van der Waals surface area contributed by atoms with Gasteiger partial charge in [-0.25, -0.2) is 0 Å². The van der Waals surface area contributed by atoms with Crippen molar-refractivity contribution in [3.05, 3.63) is 42.2 Å². The molecule has 0 aliphatic rings. The molecule has 1 aromatic carbocycles. The molecule has 19 heavy (non-hydrogen) atoms. The summed E-state index contributed by atoms with van der Waals surface area (Å²) in [6, 6.07) is 7.91. The average Bonchev–Trinajstić information content (AvgIpc) is 2.85. The Morgan fingerprint density at radius 2 is 2.26 bits per heavy atom. The van der Waals surface area contributed by atoms with Gasteiger partial charge in [0.25, 0.3) is 0 Å². The largest absolute Gasteiger partial charge is 0.497 e. The van der Waals surface area contributed by atoms with Gasteiger partial charge in [0.1, 0.15) is 5.75 Å². The SMILES string of the molecule is COc1cccc(CNc2cnn(CCO)c2)c1.Cl. The van der Waals surface area contributed by atoms with Crippen LogP contribution in [0.25, 0.3) is 0 Å². The van der Waals surface area contributed by atoms with Gasteiger partial charge in [0.2, 0.25) is 0 Å². The van der Waals surface area contributed by atoms with Gasteiger partial charge in [0.05, 0.1) is 32.1 Å². The van der Waals surface area contributed by atoms with Gasteiger partial charge in [-0.15, -0.1) is 12.4 Å². The Bertz CT molecular complexity index is 502. The summed E-state index contributed by atoms with van der Waals surface area (Å²) in [4.78, 5) is 0. The van der Waals surface area contributed by atoms with Crippen molar-refractivity contribution >= 4 is 18.1 Å². The minimum atomic E-state index is 0. The van der Waals surface area contributed by atoms with Crippen LogP contribution in [0, 0.1) is 0 Å². The van der Waals surface area contributed by atoms with Gasteiger partial charge in [-0.1, -0.05) is 12.1 Å². The monoisotopic (exact) mass is 283 g/mol. The van der Waals surface area contributed by atoms with Crippen molar-refractivity contribution in [3.63, 3.8) is 0 Å². The van der Waals surface area contributed by atoms with Gasteiger partial charge < -0.3 is 15.2 Å². The van der Waals surface area contributed by atoms with E-state index in [9.17, 15) is 0 Å². The van der Waals surface area contributed by atoms with Crippen LogP contribution in [0.15, 0.2) is 36.7 Å². The van der Waals surface area contributed by atoms with E-state index in [0.717, 1.165) is 17.0 Å². The van der Waals surface area contributed by atoms with Crippen LogP contribution >= 0.6 is 12.4 Å². The Morgan fingerprint density at radius 3 is 3.00 bits per heavy atom. The van der Waals surface area contributed by atoms with E-state index in [1.807, 2.05) is 30.5 Å². The molecule has 0 amide bonds. The molecular formula is C13H18ClN3O2. The number of benzene rings is 1. The Kier molecular flexibility index (Phi) is 6.18. The number of ether oxygens (including phenoxy) is 1. The van der Waals surface area contributed by atoms with E-state index in [1.54, 1.807) is 18.0 Å². The van der Waals surface area contributed by atoms with Crippen molar-refractivity contribution in [1.82, 2.24) is 9.78 Å². The summed E-state index contributed by atoms with van der Waals surface area (Å²) in [5.74, 6) is 0.852. The fourth-order valence-corrected chi connectivity index (χ4v) is 1.67. The molecule has 0 saturated carbocycles. The van der Waals surface area contributed by atoms with Crippen LogP contribution in [0.3, 0.4) is 0 Å². The molecular weight excluding hydrogens is 266 g/mol. The minimum absolute atomic E-state index is 0. The van der Waals surface area contributed by atoms with Crippen LogP contribution in [0.2, 0.25) is 0 Å². The summed E-state index contributed by atoms with van der Waals surface area (Å²) in [7, 11) is 1.66. The minimum Gasteiger partial charge on any atom is -0.497 e. The van der Waals surface area contributed by atoms with Crippen LogP contribution in [0.5, 0.6) is 5.75 Å². The highest BCUT2D eigenvalue weighted by molar-refractivity contribution is 5.85. The molecule has 0 bridgehead atoms. The molecule has 2 aromatic rings. The summed E-state index contributed by atoms with van der Waals surface area (Å²) in [6.07, 6.45) is 3.62. The number of aliphatic hydroxyl groups is 1. The molecule has 5 nitrogen and oxygen atoms in total. The summed E-state index contributed by atoms with van der Waals surface area (Å²) < 4.78 is 6.87. The molecule has 0 fully saturated rings. The molecule has 0 atom stereocenters. The maximum Gasteiger partial charge on any atom is 0.119 e. The van der Waals surface area contributed by atoms with Gasteiger partial charge in [0, 0.05) is 12.7 Å². The number of rotatable bonds is 6. The summed E-state index contributed by atoms with van der Waals surface area (Å²) in [5.41, 5.74) is 2.08. The maximum atomic E-state index is 8.80. The van der Waals surface area contributed by atoms with E-state index in [4.69, 9.17) is 9.84 Å².